The topological polar surface area (TPSA) is 62.8 Å². The first-order valence-electron chi connectivity index (χ1n) is 7.11. The van der Waals surface area contributed by atoms with Crippen molar-refractivity contribution in [3.05, 3.63) is 36.4 Å². The van der Waals surface area contributed by atoms with Gasteiger partial charge in [0.05, 0.1) is 35.4 Å². The second-order valence-electron chi connectivity index (χ2n) is 5.33. The summed E-state index contributed by atoms with van der Waals surface area (Å²) >= 11 is 1.65. The minimum Gasteiger partial charge on any atom is -0.493 e. The molecule has 5 nitrogen and oxygen atoms in total. The van der Waals surface area contributed by atoms with E-state index in [1.807, 2.05) is 18.3 Å². The fraction of sp³-hybridized carbons (Fsp3) is 0.333. The summed E-state index contributed by atoms with van der Waals surface area (Å²) in [5.41, 5.74) is 2.05. The van der Waals surface area contributed by atoms with Crippen molar-refractivity contribution in [2.75, 3.05) is 11.9 Å². The summed E-state index contributed by atoms with van der Waals surface area (Å²) in [6, 6.07) is 6.11. The van der Waals surface area contributed by atoms with Crippen LogP contribution in [0, 0.1) is 5.92 Å². The first-order valence-corrected chi connectivity index (χ1v) is 7.93. The maximum Gasteiger partial charge on any atom is 0.184 e. The molecule has 1 aromatic carbocycles. The number of anilines is 1. The number of ether oxygens (including phenoxy) is 1. The van der Waals surface area contributed by atoms with Gasteiger partial charge in [-0.3, -0.25) is 0 Å². The van der Waals surface area contributed by atoms with E-state index in [0.717, 1.165) is 39.3 Å². The predicted molar refractivity (Wildman–Crippen MR) is 83.8 cm³/mol. The van der Waals surface area contributed by atoms with Crippen LogP contribution < -0.4 is 10.1 Å². The molecule has 2 heterocycles. The number of aromatic nitrogens is 3. The molecule has 1 saturated carbocycles. The van der Waals surface area contributed by atoms with Crippen molar-refractivity contribution in [1.82, 2.24) is 15.0 Å². The van der Waals surface area contributed by atoms with E-state index in [1.165, 1.54) is 12.8 Å². The quantitative estimate of drug-likeness (QED) is 0.732. The number of fused-ring (bicyclic) bond motifs is 1. The maximum atomic E-state index is 5.81. The van der Waals surface area contributed by atoms with Gasteiger partial charge in [-0.1, -0.05) is 11.3 Å². The molecule has 6 heteroatoms. The number of thiazole rings is 1. The Kier molecular flexibility index (Phi) is 3.23. The molecule has 1 aliphatic rings. The highest BCUT2D eigenvalue weighted by atomic mass is 32.1. The first kappa shape index (κ1) is 12.6. The zero-order chi connectivity index (χ0) is 14.1. The number of H-pyrrole nitrogens is 1. The van der Waals surface area contributed by atoms with Gasteiger partial charge in [0.1, 0.15) is 5.75 Å². The third kappa shape index (κ3) is 3.00. The van der Waals surface area contributed by atoms with Gasteiger partial charge in [0.15, 0.2) is 5.13 Å². The SMILES string of the molecule is c1ncc(CNc2nc3ccc(OCC4CC4)cc3s2)[nH]1. The molecule has 0 saturated heterocycles. The fourth-order valence-corrected chi connectivity index (χ4v) is 3.01. The van der Waals surface area contributed by atoms with Gasteiger partial charge in [-0.25, -0.2) is 9.97 Å². The molecule has 1 fully saturated rings. The molecule has 2 aromatic heterocycles. The third-order valence-electron chi connectivity index (χ3n) is 3.53. The van der Waals surface area contributed by atoms with E-state index in [4.69, 9.17) is 4.74 Å². The second-order valence-corrected chi connectivity index (χ2v) is 6.36. The van der Waals surface area contributed by atoms with Crippen LogP contribution in [0.15, 0.2) is 30.7 Å². The number of nitrogens with one attached hydrogen (secondary N) is 2. The Hall–Kier alpha value is -2.08. The van der Waals surface area contributed by atoms with Crippen LogP contribution in [0.4, 0.5) is 5.13 Å². The number of hydrogen-bond acceptors (Lipinski definition) is 5. The zero-order valence-electron chi connectivity index (χ0n) is 11.5. The van der Waals surface area contributed by atoms with Crippen molar-refractivity contribution in [1.29, 1.82) is 0 Å². The lowest BCUT2D eigenvalue weighted by Crippen LogP contribution is -1.98. The largest absolute Gasteiger partial charge is 0.493 e. The van der Waals surface area contributed by atoms with Gasteiger partial charge in [-0.05, 0) is 37.0 Å². The average Bonchev–Trinajstić information content (AvgIpc) is 3.01. The van der Waals surface area contributed by atoms with E-state index >= 15 is 0 Å². The summed E-state index contributed by atoms with van der Waals surface area (Å²) in [4.78, 5) is 11.6. The molecule has 21 heavy (non-hydrogen) atoms. The minimum absolute atomic E-state index is 0.699. The van der Waals surface area contributed by atoms with E-state index < -0.39 is 0 Å². The molecule has 0 aliphatic heterocycles. The van der Waals surface area contributed by atoms with Gasteiger partial charge in [-0.15, -0.1) is 0 Å². The molecule has 0 atom stereocenters. The van der Waals surface area contributed by atoms with Crippen molar-refractivity contribution >= 4 is 26.7 Å². The van der Waals surface area contributed by atoms with Crippen LogP contribution in [-0.4, -0.2) is 21.6 Å². The highest BCUT2D eigenvalue weighted by molar-refractivity contribution is 7.22. The first-order chi connectivity index (χ1) is 10.4. The van der Waals surface area contributed by atoms with Crippen molar-refractivity contribution in [3.8, 4) is 5.75 Å². The molecule has 4 rings (SSSR count). The summed E-state index contributed by atoms with van der Waals surface area (Å²) in [7, 11) is 0. The number of hydrogen-bond donors (Lipinski definition) is 2. The molecule has 2 N–H and O–H groups in total. The number of imidazole rings is 1. The van der Waals surface area contributed by atoms with E-state index in [1.54, 1.807) is 17.7 Å². The predicted octanol–water partition coefficient (Wildman–Crippen LogP) is 3.42. The van der Waals surface area contributed by atoms with Crippen LogP contribution in [0.3, 0.4) is 0 Å². The van der Waals surface area contributed by atoms with Crippen LogP contribution in [-0.2, 0) is 6.54 Å². The van der Waals surface area contributed by atoms with Gasteiger partial charge < -0.3 is 15.0 Å². The van der Waals surface area contributed by atoms with Crippen molar-refractivity contribution in [3.63, 3.8) is 0 Å². The number of rotatable bonds is 6. The van der Waals surface area contributed by atoms with E-state index in [0.29, 0.717) is 6.54 Å². The molecule has 0 spiro atoms. The van der Waals surface area contributed by atoms with Crippen LogP contribution in [0.1, 0.15) is 18.5 Å². The molecular formula is C15H16N4OS. The summed E-state index contributed by atoms with van der Waals surface area (Å²) < 4.78 is 6.96. The van der Waals surface area contributed by atoms with Crippen LogP contribution >= 0.6 is 11.3 Å². The van der Waals surface area contributed by atoms with Gasteiger partial charge >= 0.3 is 0 Å². The monoisotopic (exact) mass is 300 g/mol. The van der Waals surface area contributed by atoms with E-state index in [-0.39, 0.29) is 0 Å². The number of nitrogens with zero attached hydrogens (tertiary/aromatic N) is 2. The highest BCUT2D eigenvalue weighted by Crippen LogP contribution is 2.32. The molecule has 108 valence electrons. The third-order valence-corrected chi connectivity index (χ3v) is 4.50. The lowest BCUT2D eigenvalue weighted by Gasteiger charge is -2.03. The van der Waals surface area contributed by atoms with Crippen LogP contribution in [0.2, 0.25) is 0 Å². The van der Waals surface area contributed by atoms with Gasteiger partial charge in [-0.2, -0.15) is 0 Å². The average molecular weight is 300 g/mol. The standard InChI is InChI=1S/C15H16N4OS/c1-2-10(1)8-20-12-3-4-13-14(5-12)21-15(19-13)17-7-11-6-16-9-18-11/h3-6,9-10H,1-2,7-8H2,(H,16,18)(H,17,19). The Balaban J connectivity index is 1.46. The molecule has 0 radical (unpaired) electrons. The Morgan fingerprint density at radius 3 is 3.14 bits per heavy atom. The molecule has 1 aliphatic carbocycles. The van der Waals surface area contributed by atoms with Gasteiger partial charge in [0.25, 0.3) is 0 Å². The summed E-state index contributed by atoms with van der Waals surface area (Å²) in [5, 5.41) is 4.23. The van der Waals surface area contributed by atoms with E-state index in [2.05, 4.69) is 26.3 Å². The smallest absolute Gasteiger partial charge is 0.184 e. The Morgan fingerprint density at radius 1 is 1.38 bits per heavy atom. The number of benzene rings is 1. The van der Waals surface area contributed by atoms with E-state index in [9.17, 15) is 0 Å². The number of aromatic amines is 1. The zero-order valence-corrected chi connectivity index (χ0v) is 12.3. The molecule has 3 aromatic rings. The maximum absolute atomic E-state index is 5.81. The Labute approximate surface area is 126 Å². The fourth-order valence-electron chi connectivity index (χ4n) is 2.12. The molecule has 0 unspecified atom stereocenters. The van der Waals surface area contributed by atoms with Crippen molar-refractivity contribution in [2.24, 2.45) is 5.92 Å². The normalized spacial score (nSPS) is 14.5. The summed E-state index contributed by atoms with van der Waals surface area (Å²) in [6.07, 6.45) is 6.11. The summed E-state index contributed by atoms with van der Waals surface area (Å²) in [5.74, 6) is 1.71. The highest BCUT2D eigenvalue weighted by Gasteiger charge is 2.21. The minimum atomic E-state index is 0.699. The Bertz CT molecular complexity index is 733. The van der Waals surface area contributed by atoms with Crippen LogP contribution in [0.25, 0.3) is 10.2 Å². The second kappa shape index (κ2) is 5.37. The molecular weight excluding hydrogens is 284 g/mol. The summed E-state index contributed by atoms with van der Waals surface area (Å²) in [6.45, 7) is 1.54. The molecule has 0 bridgehead atoms. The van der Waals surface area contributed by atoms with Gasteiger partial charge in [0.2, 0.25) is 0 Å². The lowest BCUT2D eigenvalue weighted by atomic mass is 10.3. The van der Waals surface area contributed by atoms with Crippen molar-refractivity contribution < 1.29 is 4.74 Å². The Morgan fingerprint density at radius 2 is 2.33 bits per heavy atom. The van der Waals surface area contributed by atoms with Gasteiger partial charge in [0, 0.05) is 6.20 Å². The lowest BCUT2D eigenvalue weighted by molar-refractivity contribution is 0.300. The molecule has 0 amide bonds. The van der Waals surface area contributed by atoms with Crippen LogP contribution in [0.5, 0.6) is 5.75 Å². The van der Waals surface area contributed by atoms with Crippen molar-refractivity contribution in [2.45, 2.75) is 19.4 Å².